The van der Waals surface area contributed by atoms with Gasteiger partial charge in [-0.3, -0.25) is 0 Å². The number of benzene rings is 1. The van der Waals surface area contributed by atoms with E-state index in [0.717, 1.165) is 6.61 Å². The minimum atomic E-state index is 0.220. The highest BCUT2D eigenvalue weighted by molar-refractivity contribution is 5.27. The lowest BCUT2D eigenvalue weighted by molar-refractivity contribution is 0.0659. The molecule has 0 spiro atoms. The molecule has 1 aromatic rings. The Hall–Kier alpha value is -0.860. The lowest BCUT2D eigenvalue weighted by atomic mass is 9.93. The number of ether oxygens (including phenoxy) is 1. The van der Waals surface area contributed by atoms with Crippen LogP contribution in [0, 0.1) is 11.8 Å². The van der Waals surface area contributed by atoms with Gasteiger partial charge < -0.3 is 10.5 Å². The molecule has 5 unspecified atom stereocenters. The fraction of sp³-hybridized carbons (Fsp3) is 0.600. The van der Waals surface area contributed by atoms with Crippen LogP contribution >= 0.6 is 0 Å². The number of hydrogen-bond donors (Lipinski definition) is 1. The van der Waals surface area contributed by atoms with Crippen LogP contribution in [0.4, 0.5) is 0 Å². The Morgan fingerprint density at radius 2 is 2.06 bits per heavy atom. The molecular formula is C15H21NO. The molecule has 1 aromatic carbocycles. The second kappa shape index (κ2) is 4.43. The Labute approximate surface area is 103 Å². The topological polar surface area (TPSA) is 35.2 Å². The van der Waals surface area contributed by atoms with Gasteiger partial charge in [0.05, 0.1) is 6.10 Å². The maximum Gasteiger partial charge on any atom is 0.0755 e. The minimum absolute atomic E-state index is 0.220. The molecule has 1 aliphatic heterocycles. The van der Waals surface area contributed by atoms with Crippen LogP contribution in [-0.2, 0) is 4.74 Å². The fourth-order valence-electron chi connectivity index (χ4n) is 3.18. The lowest BCUT2D eigenvalue weighted by Crippen LogP contribution is -2.39. The summed E-state index contributed by atoms with van der Waals surface area (Å²) in [6.45, 7) is 3.15. The molecule has 1 heterocycles. The predicted molar refractivity (Wildman–Crippen MR) is 68.8 cm³/mol. The van der Waals surface area contributed by atoms with E-state index in [-0.39, 0.29) is 12.1 Å². The molecule has 2 N–H and O–H groups in total. The molecule has 1 saturated carbocycles. The SMILES string of the molecule is CC1CCOC1C(N)C1CC1c1ccccc1. The third-order valence-corrected chi connectivity index (χ3v) is 4.39. The Bertz CT molecular complexity index is 378. The van der Waals surface area contributed by atoms with Gasteiger partial charge in [-0.15, -0.1) is 0 Å². The Kier molecular flexibility index (Phi) is 2.93. The summed E-state index contributed by atoms with van der Waals surface area (Å²) in [5, 5.41) is 0. The molecule has 1 aliphatic carbocycles. The van der Waals surface area contributed by atoms with E-state index in [9.17, 15) is 0 Å². The van der Waals surface area contributed by atoms with E-state index in [4.69, 9.17) is 10.5 Å². The zero-order valence-electron chi connectivity index (χ0n) is 10.4. The summed E-state index contributed by atoms with van der Waals surface area (Å²) in [5.41, 5.74) is 7.82. The standard InChI is InChI=1S/C15H21NO/c1-10-7-8-17-15(10)14(16)13-9-12(13)11-5-3-2-4-6-11/h2-6,10,12-15H,7-9,16H2,1H3. The molecule has 5 atom stereocenters. The third-order valence-electron chi connectivity index (χ3n) is 4.39. The van der Waals surface area contributed by atoms with Crippen molar-refractivity contribution in [2.45, 2.75) is 37.8 Å². The van der Waals surface area contributed by atoms with E-state index < -0.39 is 0 Å². The summed E-state index contributed by atoms with van der Waals surface area (Å²) in [5.74, 6) is 1.92. The zero-order valence-corrected chi connectivity index (χ0v) is 10.4. The first-order valence-corrected chi connectivity index (χ1v) is 6.69. The van der Waals surface area contributed by atoms with Crippen LogP contribution < -0.4 is 5.73 Å². The van der Waals surface area contributed by atoms with Gasteiger partial charge in [-0.25, -0.2) is 0 Å². The molecule has 1 saturated heterocycles. The van der Waals surface area contributed by atoms with Gasteiger partial charge in [0.2, 0.25) is 0 Å². The highest BCUT2D eigenvalue weighted by Crippen LogP contribution is 2.50. The van der Waals surface area contributed by atoms with Crippen molar-refractivity contribution in [3.8, 4) is 0 Å². The Morgan fingerprint density at radius 1 is 1.29 bits per heavy atom. The van der Waals surface area contributed by atoms with Crippen molar-refractivity contribution in [1.29, 1.82) is 0 Å². The first-order valence-electron chi connectivity index (χ1n) is 6.69. The van der Waals surface area contributed by atoms with Crippen LogP contribution in [0.3, 0.4) is 0 Å². The van der Waals surface area contributed by atoms with E-state index >= 15 is 0 Å². The van der Waals surface area contributed by atoms with Gasteiger partial charge in [-0.1, -0.05) is 37.3 Å². The van der Waals surface area contributed by atoms with Gasteiger partial charge in [-0.05, 0) is 36.2 Å². The molecule has 0 aromatic heterocycles. The van der Waals surface area contributed by atoms with Gasteiger partial charge in [0.1, 0.15) is 0 Å². The molecule has 2 nitrogen and oxygen atoms in total. The second-order valence-electron chi connectivity index (χ2n) is 5.60. The maximum atomic E-state index is 6.38. The molecule has 2 aliphatic rings. The molecule has 0 amide bonds. The Balaban J connectivity index is 1.64. The first kappa shape index (κ1) is 11.2. The van der Waals surface area contributed by atoms with Crippen LogP contribution in [-0.4, -0.2) is 18.8 Å². The summed E-state index contributed by atoms with van der Waals surface area (Å²) in [4.78, 5) is 0. The van der Waals surface area contributed by atoms with Crippen molar-refractivity contribution in [3.63, 3.8) is 0 Å². The van der Waals surface area contributed by atoms with E-state index in [1.165, 1.54) is 18.4 Å². The summed E-state index contributed by atoms with van der Waals surface area (Å²) < 4.78 is 5.79. The number of hydrogen-bond acceptors (Lipinski definition) is 2. The van der Waals surface area contributed by atoms with E-state index in [1.54, 1.807) is 0 Å². The van der Waals surface area contributed by atoms with Crippen molar-refractivity contribution in [2.75, 3.05) is 6.61 Å². The van der Waals surface area contributed by atoms with Gasteiger partial charge in [-0.2, -0.15) is 0 Å². The smallest absolute Gasteiger partial charge is 0.0755 e. The molecular weight excluding hydrogens is 210 g/mol. The van der Waals surface area contributed by atoms with Crippen LogP contribution in [0.15, 0.2) is 30.3 Å². The van der Waals surface area contributed by atoms with Gasteiger partial charge in [0.15, 0.2) is 0 Å². The van der Waals surface area contributed by atoms with E-state index in [2.05, 4.69) is 37.3 Å². The summed E-state index contributed by atoms with van der Waals surface area (Å²) in [6.07, 6.45) is 2.69. The molecule has 0 bridgehead atoms. The van der Waals surface area contributed by atoms with Crippen molar-refractivity contribution in [1.82, 2.24) is 0 Å². The average molecular weight is 231 g/mol. The largest absolute Gasteiger partial charge is 0.376 e. The summed E-state index contributed by atoms with van der Waals surface area (Å²) in [7, 11) is 0. The van der Waals surface area contributed by atoms with Gasteiger partial charge >= 0.3 is 0 Å². The Morgan fingerprint density at radius 3 is 2.71 bits per heavy atom. The van der Waals surface area contributed by atoms with Crippen LogP contribution in [0.25, 0.3) is 0 Å². The third kappa shape index (κ3) is 2.12. The van der Waals surface area contributed by atoms with Crippen molar-refractivity contribution < 1.29 is 4.74 Å². The zero-order chi connectivity index (χ0) is 11.8. The summed E-state index contributed by atoms with van der Waals surface area (Å²) in [6, 6.07) is 11.0. The normalized spacial score (nSPS) is 38.0. The highest BCUT2D eigenvalue weighted by atomic mass is 16.5. The maximum absolute atomic E-state index is 6.38. The van der Waals surface area contributed by atoms with Gasteiger partial charge in [0.25, 0.3) is 0 Å². The predicted octanol–water partition coefficient (Wildman–Crippen LogP) is 2.54. The fourth-order valence-corrected chi connectivity index (χ4v) is 3.18. The van der Waals surface area contributed by atoms with Crippen molar-refractivity contribution in [3.05, 3.63) is 35.9 Å². The molecule has 0 radical (unpaired) electrons. The monoisotopic (exact) mass is 231 g/mol. The van der Waals surface area contributed by atoms with Crippen LogP contribution in [0.5, 0.6) is 0 Å². The molecule has 92 valence electrons. The van der Waals surface area contributed by atoms with E-state index in [1.807, 2.05) is 0 Å². The first-order chi connectivity index (χ1) is 8.27. The quantitative estimate of drug-likeness (QED) is 0.867. The average Bonchev–Trinajstić information content (AvgIpc) is 3.05. The second-order valence-corrected chi connectivity index (χ2v) is 5.60. The van der Waals surface area contributed by atoms with Crippen LogP contribution in [0.1, 0.15) is 31.2 Å². The van der Waals surface area contributed by atoms with E-state index in [0.29, 0.717) is 17.8 Å². The molecule has 2 fully saturated rings. The molecule has 3 rings (SSSR count). The van der Waals surface area contributed by atoms with Crippen molar-refractivity contribution in [2.24, 2.45) is 17.6 Å². The van der Waals surface area contributed by atoms with Crippen LogP contribution in [0.2, 0.25) is 0 Å². The number of rotatable bonds is 3. The summed E-state index contributed by atoms with van der Waals surface area (Å²) >= 11 is 0. The highest BCUT2D eigenvalue weighted by Gasteiger charge is 2.47. The minimum Gasteiger partial charge on any atom is -0.376 e. The number of nitrogens with two attached hydrogens (primary N) is 1. The van der Waals surface area contributed by atoms with Crippen molar-refractivity contribution >= 4 is 0 Å². The molecule has 2 heteroatoms. The van der Waals surface area contributed by atoms with Gasteiger partial charge in [0, 0.05) is 12.6 Å². The molecule has 17 heavy (non-hydrogen) atoms. The lowest BCUT2D eigenvalue weighted by Gasteiger charge is -2.22.